The van der Waals surface area contributed by atoms with Gasteiger partial charge in [0, 0.05) is 11.6 Å². The molecule has 0 aliphatic carbocycles. The summed E-state index contributed by atoms with van der Waals surface area (Å²) in [4.78, 5) is 0. The van der Waals surface area contributed by atoms with E-state index in [2.05, 4.69) is 0 Å². The predicted octanol–water partition coefficient (Wildman–Crippen LogP) is 3.46. The van der Waals surface area contributed by atoms with Crippen LogP contribution in [0.1, 0.15) is 43.4 Å². The summed E-state index contributed by atoms with van der Waals surface area (Å²) < 4.78 is 26.7. The highest BCUT2D eigenvalue weighted by molar-refractivity contribution is 5.27. The third kappa shape index (κ3) is 2.99. The summed E-state index contributed by atoms with van der Waals surface area (Å²) in [5.74, 6) is -0.796. The number of rotatable bonds is 4. The highest BCUT2D eigenvalue weighted by Crippen LogP contribution is 2.22. The molecule has 0 heterocycles. The second-order valence-electron chi connectivity index (χ2n) is 3.87. The molecule has 1 atom stereocenters. The Morgan fingerprint density at radius 2 is 1.93 bits per heavy atom. The van der Waals surface area contributed by atoms with Crippen LogP contribution in [0.3, 0.4) is 0 Å². The van der Waals surface area contributed by atoms with Crippen LogP contribution >= 0.6 is 0 Å². The lowest BCUT2D eigenvalue weighted by Crippen LogP contribution is -2.12. The Morgan fingerprint density at radius 3 is 2.53 bits per heavy atom. The molecular weight excluding hydrogens is 196 g/mol. The molecule has 84 valence electrons. The van der Waals surface area contributed by atoms with Gasteiger partial charge in [-0.2, -0.15) is 0 Å². The van der Waals surface area contributed by atoms with Crippen LogP contribution < -0.4 is 5.73 Å². The van der Waals surface area contributed by atoms with Gasteiger partial charge in [0.2, 0.25) is 0 Å². The fourth-order valence-corrected chi connectivity index (χ4v) is 1.53. The predicted molar refractivity (Wildman–Crippen MR) is 57.5 cm³/mol. The fraction of sp³-hybridized carbons (Fsp3) is 0.500. The maximum atomic E-state index is 13.5. The molecule has 1 rings (SSSR count). The van der Waals surface area contributed by atoms with Crippen molar-refractivity contribution in [2.45, 2.75) is 39.2 Å². The van der Waals surface area contributed by atoms with Crippen molar-refractivity contribution in [3.8, 4) is 0 Å². The Labute approximate surface area is 89.3 Å². The van der Waals surface area contributed by atoms with Gasteiger partial charge in [-0.25, -0.2) is 8.78 Å². The minimum absolute atomic E-state index is 0.284. The van der Waals surface area contributed by atoms with Gasteiger partial charge in [-0.3, -0.25) is 0 Å². The van der Waals surface area contributed by atoms with Crippen molar-refractivity contribution in [3.05, 3.63) is 34.9 Å². The van der Waals surface area contributed by atoms with Crippen LogP contribution in [0, 0.1) is 18.6 Å². The summed E-state index contributed by atoms with van der Waals surface area (Å²) in [5, 5.41) is 0. The first-order chi connectivity index (χ1) is 7.06. The molecule has 2 N–H and O–H groups in total. The molecule has 0 bridgehead atoms. The van der Waals surface area contributed by atoms with Gasteiger partial charge < -0.3 is 5.73 Å². The molecule has 1 unspecified atom stereocenters. The third-order valence-corrected chi connectivity index (χ3v) is 2.55. The van der Waals surface area contributed by atoms with Crippen LogP contribution in [0.2, 0.25) is 0 Å². The van der Waals surface area contributed by atoms with E-state index in [0.717, 1.165) is 12.8 Å². The Hall–Kier alpha value is -0.960. The van der Waals surface area contributed by atoms with Gasteiger partial charge in [-0.05, 0) is 31.0 Å². The molecule has 1 aromatic carbocycles. The molecule has 0 fully saturated rings. The number of hydrogen-bond acceptors (Lipinski definition) is 1. The molecule has 0 aliphatic heterocycles. The molecule has 0 aromatic heterocycles. The lowest BCUT2D eigenvalue weighted by Gasteiger charge is -2.13. The molecule has 0 amide bonds. The van der Waals surface area contributed by atoms with Crippen molar-refractivity contribution in [3.63, 3.8) is 0 Å². The number of nitrogens with two attached hydrogens (primary N) is 1. The minimum atomic E-state index is -0.405. The van der Waals surface area contributed by atoms with E-state index in [4.69, 9.17) is 5.73 Å². The zero-order valence-corrected chi connectivity index (χ0v) is 9.19. The minimum Gasteiger partial charge on any atom is -0.324 e. The quantitative estimate of drug-likeness (QED) is 0.814. The number of benzene rings is 1. The van der Waals surface area contributed by atoms with Gasteiger partial charge in [-0.15, -0.1) is 0 Å². The zero-order chi connectivity index (χ0) is 11.4. The average Bonchev–Trinajstić information content (AvgIpc) is 2.20. The Bertz CT molecular complexity index is 337. The number of aryl methyl sites for hydroxylation is 1. The lowest BCUT2D eigenvalue weighted by atomic mass is 10.00. The molecule has 0 saturated heterocycles. The van der Waals surface area contributed by atoms with Gasteiger partial charge in [0.1, 0.15) is 11.6 Å². The van der Waals surface area contributed by atoms with Crippen molar-refractivity contribution in [2.24, 2.45) is 5.73 Å². The zero-order valence-electron chi connectivity index (χ0n) is 9.19. The van der Waals surface area contributed by atoms with Crippen molar-refractivity contribution in [1.82, 2.24) is 0 Å². The van der Waals surface area contributed by atoms with Crippen LogP contribution in [0.15, 0.2) is 12.1 Å². The van der Waals surface area contributed by atoms with E-state index in [9.17, 15) is 8.78 Å². The second-order valence-corrected chi connectivity index (χ2v) is 3.87. The first kappa shape index (κ1) is 12.1. The largest absolute Gasteiger partial charge is 0.324 e. The van der Waals surface area contributed by atoms with Crippen LogP contribution in [0.25, 0.3) is 0 Å². The van der Waals surface area contributed by atoms with E-state index in [-0.39, 0.29) is 5.56 Å². The fourth-order valence-electron chi connectivity index (χ4n) is 1.53. The topological polar surface area (TPSA) is 26.0 Å². The molecular formula is C12H17F2N. The summed E-state index contributed by atoms with van der Waals surface area (Å²) in [7, 11) is 0. The molecule has 1 nitrogen and oxygen atoms in total. The van der Waals surface area contributed by atoms with Crippen molar-refractivity contribution >= 4 is 0 Å². The van der Waals surface area contributed by atoms with Crippen molar-refractivity contribution in [1.29, 1.82) is 0 Å². The maximum Gasteiger partial charge on any atom is 0.128 e. The smallest absolute Gasteiger partial charge is 0.128 e. The van der Waals surface area contributed by atoms with E-state index >= 15 is 0 Å². The van der Waals surface area contributed by atoms with Gasteiger partial charge in [-0.1, -0.05) is 19.8 Å². The molecule has 15 heavy (non-hydrogen) atoms. The number of hydrogen-bond donors (Lipinski definition) is 1. The number of unbranched alkanes of at least 4 members (excludes halogenated alkanes) is 1. The standard InChI is InChI=1S/C12H17F2N/c1-3-4-5-12(15)9-7-10(13)8(2)6-11(9)14/h6-7,12H,3-5,15H2,1-2H3. The van der Waals surface area contributed by atoms with E-state index in [1.165, 1.54) is 12.1 Å². The first-order valence-electron chi connectivity index (χ1n) is 5.27. The van der Waals surface area contributed by atoms with E-state index in [0.29, 0.717) is 12.0 Å². The Morgan fingerprint density at radius 1 is 1.27 bits per heavy atom. The van der Waals surface area contributed by atoms with E-state index < -0.39 is 17.7 Å². The monoisotopic (exact) mass is 213 g/mol. The second kappa shape index (κ2) is 5.21. The van der Waals surface area contributed by atoms with Gasteiger partial charge in [0.15, 0.2) is 0 Å². The van der Waals surface area contributed by atoms with E-state index in [1.54, 1.807) is 6.92 Å². The SMILES string of the molecule is CCCCC(N)c1cc(F)c(C)cc1F. The summed E-state index contributed by atoms with van der Waals surface area (Å²) in [6, 6.07) is 2.02. The summed E-state index contributed by atoms with van der Waals surface area (Å²) in [6.45, 7) is 3.58. The lowest BCUT2D eigenvalue weighted by molar-refractivity contribution is 0.533. The van der Waals surface area contributed by atoms with E-state index in [1.807, 2.05) is 6.92 Å². The van der Waals surface area contributed by atoms with Crippen LogP contribution in [0.5, 0.6) is 0 Å². The van der Waals surface area contributed by atoms with Gasteiger partial charge in [0.25, 0.3) is 0 Å². The van der Waals surface area contributed by atoms with Gasteiger partial charge >= 0.3 is 0 Å². The average molecular weight is 213 g/mol. The Balaban J connectivity index is 2.88. The van der Waals surface area contributed by atoms with Crippen LogP contribution in [-0.4, -0.2) is 0 Å². The number of halogens is 2. The highest BCUT2D eigenvalue weighted by Gasteiger charge is 2.13. The normalized spacial score (nSPS) is 12.9. The molecule has 0 radical (unpaired) electrons. The van der Waals surface area contributed by atoms with Crippen LogP contribution in [0.4, 0.5) is 8.78 Å². The molecule has 3 heteroatoms. The van der Waals surface area contributed by atoms with Crippen molar-refractivity contribution in [2.75, 3.05) is 0 Å². The van der Waals surface area contributed by atoms with Crippen LogP contribution in [-0.2, 0) is 0 Å². The van der Waals surface area contributed by atoms with Gasteiger partial charge in [0.05, 0.1) is 0 Å². The molecule has 0 aliphatic rings. The molecule has 0 spiro atoms. The molecule has 0 saturated carbocycles. The maximum absolute atomic E-state index is 13.5. The molecule has 1 aromatic rings. The highest BCUT2D eigenvalue weighted by atomic mass is 19.1. The first-order valence-corrected chi connectivity index (χ1v) is 5.27. The summed E-state index contributed by atoms with van der Waals surface area (Å²) in [6.07, 6.45) is 2.62. The third-order valence-electron chi connectivity index (χ3n) is 2.55. The Kier molecular flexibility index (Phi) is 4.21. The summed E-state index contributed by atoms with van der Waals surface area (Å²) in [5.41, 5.74) is 6.40. The summed E-state index contributed by atoms with van der Waals surface area (Å²) >= 11 is 0. The van der Waals surface area contributed by atoms with Crippen molar-refractivity contribution < 1.29 is 8.78 Å².